The van der Waals surface area contributed by atoms with Crippen LogP contribution in [0.2, 0.25) is 5.02 Å². The summed E-state index contributed by atoms with van der Waals surface area (Å²) in [5.74, 6) is 0.0580. The van der Waals surface area contributed by atoms with Gasteiger partial charge in [-0.3, -0.25) is 0 Å². The normalized spacial score (nSPS) is 16.7. The Morgan fingerprint density at radius 3 is 2.42 bits per heavy atom. The van der Waals surface area contributed by atoms with Crippen LogP contribution >= 0.6 is 11.6 Å². The summed E-state index contributed by atoms with van der Waals surface area (Å²) >= 11 is 6.36. The van der Waals surface area contributed by atoms with Gasteiger partial charge in [0.25, 0.3) is 0 Å². The molecule has 2 aliphatic rings. The molecular formula is C28H29ClF3N3O2S. The highest BCUT2D eigenvalue weighted by Gasteiger charge is 2.31. The van der Waals surface area contributed by atoms with Gasteiger partial charge in [0.1, 0.15) is 15.7 Å². The third-order valence-corrected chi connectivity index (χ3v) is 8.98. The van der Waals surface area contributed by atoms with Crippen molar-refractivity contribution in [3.63, 3.8) is 0 Å². The van der Waals surface area contributed by atoms with Gasteiger partial charge in [0, 0.05) is 29.5 Å². The average molecular weight is 564 g/mol. The topological polar surface area (TPSA) is 53.9 Å². The first-order chi connectivity index (χ1) is 18.2. The molecule has 1 fully saturated rings. The summed E-state index contributed by atoms with van der Waals surface area (Å²) < 4.78 is 63.2. The minimum atomic E-state index is -4.79. The highest BCUT2D eigenvalue weighted by Crippen LogP contribution is 2.37. The van der Waals surface area contributed by atoms with Gasteiger partial charge in [-0.25, -0.2) is 13.3 Å². The predicted molar refractivity (Wildman–Crippen MR) is 144 cm³/mol. The maximum Gasteiger partial charge on any atom is 0.573 e. The number of anilines is 2. The van der Waals surface area contributed by atoms with Gasteiger partial charge in [-0.15, -0.1) is 13.2 Å². The van der Waals surface area contributed by atoms with E-state index in [4.69, 9.17) is 11.6 Å². The number of aryl methyl sites for hydroxylation is 2. The first-order valence-corrected chi connectivity index (χ1v) is 14.6. The van der Waals surface area contributed by atoms with Crippen LogP contribution in [0.1, 0.15) is 30.4 Å². The number of nitrogens with zero attached hydrogens (tertiary/aromatic N) is 2. The van der Waals surface area contributed by atoms with Crippen molar-refractivity contribution in [1.82, 2.24) is 4.72 Å². The number of para-hydroxylation sites is 1. The van der Waals surface area contributed by atoms with Crippen molar-refractivity contribution in [2.24, 2.45) is 10.3 Å². The van der Waals surface area contributed by atoms with E-state index in [1.807, 2.05) is 24.3 Å². The number of hydrogen-bond donors (Lipinski definition) is 1. The Morgan fingerprint density at radius 2 is 1.71 bits per heavy atom. The van der Waals surface area contributed by atoms with E-state index in [-0.39, 0.29) is 5.75 Å². The van der Waals surface area contributed by atoms with Crippen LogP contribution in [0.15, 0.2) is 76.0 Å². The van der Waals surface area contributed by atoms with Gasteiger partial charge in [0.05, 0.1) is 11.4 Å². The van der Waals surface area contributed by atoms with Crippen LogP contribution in [0.3, 0.4) is 0 Å². The lowest BCUT2D eigenvalue weighted by Crippen LogP contribution is -2.29. The number of benzene rings is 3. The van der Waals surface area contributed by atoms with E-state index < -0.39 is 16.3 Å². The molecule has 0 bridgehead atoms. The Kier molecular flexibility index (Phi) is 7.88. The fraction of sp³-hybridized carbons (Fsp3) is 0.357. The van der Waals surface area contributed by atoms with Crippen LogP contribution in [0.5, 0.6) is 5.75 Å². The molecule has 1 N–H and O–H groups in total. The molecule has 3 aromatic rings. The summed E-state index contributed by atoms with van der Waals surface area (Å²) in [4.78, 5) is 2.60. The molecular weight excluding hydrogens is 535 g/mol. The zero-order valence-electron chi connectivity index (χ0n) is 20.7. The molecule has 0 amide bonds. The molecule has 0 radical (unpaired) electrons. The quantitative estimate of drug-likeness (QED) is 0.278. The van der Waals surface area contributed by atoms with E-state index >= 15 is 0 Å². The Balaban J connectivity index is 1.32. The van der Waals surface area contributed by atoms with Crippen molar-refractivity contribution in [2.45, 2.75) is 43.4 Å². The molecule has 1 aliphatic carbocycles. The van der Waals surface area contributed by atoms with Crippen LogP contribution in [-0.2, 0) is 22.8 Å². The van der Waals surface area contributed by atoms with E-state index in [9.17, 15) is 17.4 Å². The number of alkyl halides is 3. The average Bonchev–Trinajstić information content (AvgIpc) is 3.72. The lowest BCUT2D eigenvalue weighted by Gasteiger charge is -2.27. The number of hydrogen-bond acceptors (Lipinski definition) is 4. The van der Waals surface area contributed by atoms with E-state index in [1.54, 1.807) is 0 Å². The predicted octanol–water partition coefficient (Wildman–Crippen LogP) is 7.31. The maximum atomic E-state index is 13.9. The second-order valence-corrected chi connectivity index (χ2v) is 12.1. The molecule has 0 unspecified atom stereocenters. The molecule has 5 nitrogen and oxygen atoms in total. The zero-order valence-corrected chi connectivity index (χ0v) is 22.3. The fourth-order valence-corrected chi connectivity index (χ4v) is 6.53. The molecule has 3 aromatic carbocycles. The molecule has 5 rings (SSSR count). The second kappa shape index (κ2) is 11.2. The number of ether oxygens (including phenoxy) is 1. The molecule has 1 atom stereocenters. The van der Waals surface area contributed by atoms with Crippen molar-refractivity contribution in [3.8, 4) is 5.75 Å². The van der Waals surface area contributed by atoms with Gasteiger partial charge in [0.15, 0.2) is 0 Å². The summed E-state index contributed by atoms with van der Waals surface area (Å²) in [7, 11) is -3.02. The SMILES string of the molecule is O=[S@](=NCC1CC1)(NCCCN1c2ccccc2CCc2ccc(Cl)cc21)c1ccc(OC(F)(F)F)cc1. The van der Waals surface area contributed by atoms with Gasteiger partial charge in [-0.2, -0.15) is 0 Å². The van der Waals surface area contributed by atoms with E-state index in [1.165, 1.54) is 35.4 Å². The third-order valence-electron chi connectivity index (χ3n) is 6.73. The smallest absolute Gasteiger partial charge is 0.406 e. The van der Waals surface area contributed by atoms with Crippen molar-refractivity contribution in [3.05, 3.63) is 82.9 Å². The van der Waals surface area contributed by atoms with Crippen LogP contribution in [0.25, 0.3) is 0 Å². The number of halogens is 4. The Labute approximate surface area is 226 Å². The lowest BCUT2D eigenvalue weighted by molar-refractivity contribution is -0.274. The Hall–Kier alpha value is -2.75. The summed E-state index contributed by atoms with van der Waals surface area (Å²) in [5, 5.41) is 0.672. The van der Waals surface area contributed by atoms with E-state index in [0.717, 1.165) is 37.1 Å². The maximum absolute atomic E-state index is 13.9. The van der Waals surface area contributed by atoms with Crippen LogP contribution in [-0.4, -0.2) is 30.2 Å². The summed E-state index contributed by atoms with van der Waals surface area (Å²) in [5.41, 5.74) is 4.69. The number of nitrogens with one attached hydrogen (secondary N) is 1. The Bertz CT molecular complexity index is 1400. The molecule has 0 spiro atoms. The molecule has 1 heterocycles. The molecule has 1 saturated carbocycles. The number of rotatable bonds is 9. The standard InChI is InChI=1S/C28H29ClF3N3O2S/c29-23-11-10-22-9-8-21-4-1-2-5-26(21)35(27(22)18-23)17-3-16-33-38(36,34-19-20-6-7-20)25-14-12-24(13-15-25)37-28(30,31)32/h1-2,4-5,10-15,18,20H,3,6-9,16-17,19H2,(H,33,34,36)/t38-/m0/s1. The number of fused-ring (bicyclic) bond motifs is 2. The summed E-state index contributed by atoms with van der Waals surface area (Å²) in [6.07, 6.45) is -0.180. The van der Waals surface area contributed by atoms with Crippen LogP contribution in [0, 0.1) is 5.92 Å². The molecule has 1 aliphatic heterocycles. The largest absolute Gasteiger partial charge is 0.573 e. The van der Waals surface area contributed by atoms with Gasteiger partial charge in [-0.05, 0) is 91.6 Å². The van der Waals surface area contributed by atoms with Gasteiger partial charge in [0.2, 0.25) is 0 Å². The highest BCUT2D eigenvalue weighted by atomic mass is 35.5. The molecule has 202 valence electrons. The molecule has 0 saturated heterocycles. The molecule has 38 heavy (non-hydrogen) atoms. The van der Waals surface area contributed by atoms with Gasteiger partial charge >= 0.3 is 6.36 Å². The minimum absolute atomic E-state index is 0.338. The van der Waals surface area contributed by atoms with Crippen LogP contribution < -0.4 is 14.4 Å². The van der Waals surface area contributed by atoms with Crippen molar-refractivity contribution in [1.29, 1.82) is 0 Å². The molecule has 0 aromatic heterocycles. The van der Waals surface area contributed by atoms with E-state index in [0.29, 0.717) is 41.9 Å². The highest BCUT2D eigenvalue weighted by molar-refractivity contribution is 7.91. The monoisotopic (exact) mass is 563 g/mol. The molecule has 10 heteroatoms. The lowest BCUT2D eigenvalue weighted by atomic mass is 10.0. The van der Waals surface area contributed by atoms with Gasteiger partial charge < -0.3 is 9.64 Å². The van der Waals surface area contributed by atoms with Crippen molar-refractivity contribution in [2.75, 3.05) is 24.5 Å². The first-order valence-electron chi connectivity index (χ1n) is 12.7. The van der Waals surface area contributed by atoms with Crippen molar-refractivity contribution < 1.29 is 22.1 Å². The fourth-order valence-electron chi connectivity index (χ4n) is 4.61. The third kappa shape index (κ3) is 6.62. The van der Waals surface area contributed by atoms with Crippen LogP contribution in [0.4, 0.5) is 24.5 Å². The van der Waals surface area contributed by atoms with Crippen molar-refractivity contribution >= 4 is 32.9 Å². The van der Waals surface area contributed by atoms with E-state index in [2.05, 4.69) is 36.9 Å². The Morgan fingerprint density at radius 1 is 1.00 bits per heavy atom. The van der Waals surface area contributed by atoms with Gasteiger partial charge in [-0.1, -0.05) is 35.9 Å². The summed E-state index contributed by atoms with van der Waals surface area (Å²) in [6, 6.07) is 19.4. The minimum Gasteiger partial charge on any atom is -0.406 e. The summed E-state index contributed by atoms with van der Waals surface area (Å²) in [6.45, 7) is 1.52. The first kappa shape index (κ1) is 26.8. The second-order valence-electron chi connectivity index (χ2n) is 9.60. The zero-order chi connectivity index (χ0) is 26.8.